The zero-order chi connectivity index (χ0) is 14.1. The number of hydrogen-bond donors (Lipinski definition) is 2. The van der Waals surface area contributed by atoms with Crippen molar-refractivity contribution in [1.82, 2.24) is 0 Å². The number of ether oxygens (including phenoxy) is 1. The van der Waals surface area contributed by atoms with Crippen LogP contribution < -0.4 is 15.4 Å². The molecule has 0 saturated heterocycles. The number of nitrogens with one attached hydrogen (secondary N) is 2. The number of hydrogen-bond acceptors (Lipinski definition) is 4. The number of benzene rings is 1. The smallest absolute Gasteiger partial charge is 0.265 e. The number of carbonyl (C=O) groups excluding carboxylic acids is 1. The molecule has 5 heteroatoms. The van der Waals surface area contributed by atoms with E-state index in [0.29, 0.717) is 11.4 Å². The van der Waals surface area contributed by atoms with Gasteiger partial charge >= 0.3 is 0 Å². The van der Waals surface area contributed by atoms with Gasteiger partial charge in [-0.2, -0.15) is 0 Å². The van der Waals surface area contributed by atoms with Gasteiger partial charge in [0.05, 0.1) is 18.0 Å². The average molecular weight is 272 g/mol. The van der Waals surface area contributed by atoms with Gasteiger partial charge in [-0.3, -0.25) is 4.79 Å². The summed E-state index contributed by atoms with van der Waals surface area (Å²) in [6.07, 6.45) is 1.19. The van der Waals surface area contributed by atoms with Crippen LogP contribution in [-0.2, 0) is 4.79 Å². The van der Waals surface area contributed by atoms with Gasteiger partial charge in [0.1, 0.15) is 11.5 Å². The standard InChI is InChI=1S/C15H16N2O3/c1-9(13-4-3-7-19-13)16-11-5-6-14-12(8-11)17-15(18)10(2)20-14/h3-10,16H,1-2H3,(H,17,18). The SMILES string of the molecule is CC1Oc2ccc(NC(C)c3ccco3)cc2NC1=O. The lowest BCUT2D eigenvalue weighted by molar-refractivity contribution is -0.122. The van der Waals surface area contributed by atoms with Gasteiger partial charge in [0, 0.05) is 5.69 Å². The molecule has 2 aromatic rings. The highest BCUT2D eigenvalue weighted by Gasteiger charge is 2.23. The molecule has 2 N–H and O–H groups in total. The fraction of sp³-hybridized carbons (Fsp3) is 0.267. The van der Waals surface area contributed by atoms with Crippen LogP contribution in [0.5, 0.6) is 5.75 Å². The molecule has 1 amide bonds. The van der Waals surface area contributed by atoms with E-state index >= 15 is 0 Å². The van der Waals surface area contributed by atoms with Gasteiger partial charge in [-0.15, -0.1) is 0 Å². The summed E-state index contributed by atoms with van der Waals surface area (Å²) in [4.78, 5) is 11.6. The highest BCUT2D eigenvalue weighted by Crippen LogP contribution is 2.33. The molecule has 2 unspecified atom stereocenters. The van der Waals surface area contributed by atoms with E-state index in [1.807, 2.05) is 37.3 Å². The molecule has 1 aliphatic rings. The van der Waals surface area contributed by atoms with E-state index in [2.05, 4.69) is 10.6 Å². The van der Waals surface area contributed by atoms with Crippen molar-refractivity contribution in [2.75, 3.05) is 10.6 Å². The van der Waals surface area contributed by atoms with Crippen LogP contribution in [0.2, 0.25) is 0 Å². The molecule has 1 aliphatic heterocycles. The van der Waals surface area contributed by atoms with Crippen LogP contribution in [0.4, 0.5) is 11.4 Å². The Hall–Kier alpha value is -2.43. The lowest BCUT2D eigenvalue weighted by Crippen LogP contribution is -2.34. The number of carbonyl (C=O) groups is 1. The molecule has 0 saturated carbocycles. The highest BCUT2D eigenvalue weighted by molar-refractivity contribution is 5.98. The molecule has 20 heavy (non-hydrogen) atoms. The predicted octanol–water partition coefficient (Wildman–Crippen LogP) is 3.17. The third-order valence-electron chi connectivity index (χ3n) is 3.26. The molecule has 0 bridgehead atoms. The fourth-order valence-electron chi connectivity index (χ4n) is 2.16. The zero-order valence-corrected chi connectivity index (χ0v) is 11.3. The van der Waals surface area contributed by atoms with Crippen LogP contribution in [0.15, 0.2) is 41.0 Å². The highest BCUT2D eigenvalue weighted by atomic mass is 16.5. The van der Waals surface area contributed by atoms with Gasteiger partial charge in [0.25, 0.3) is 5.91 Å². The molecular weight excluding hydrogens is 256 g/mol. The largest absolute Gasteiger partial charge is 0.479 e. The van der Waals surface area contributed by atoms with Crippen molar-refractivity contribution < 1.29 is 13.9 Å². The van der Waals surface area contributed by atoms with Crippen molar-refractivity contribution >= 4 is 17.3 Å². The van der Waals surface area contributed by atoms with Crippen LogP contribution in [0, 0.1) is 0 Å². The Morgan fingerprint density at radius 2 is 2.20 bits per heavy atom. The van der Waals surface area contributed by atoms with Crippen molar-refractivity contribution in [1.29, 1.82) is 0 Å². The summed E-state index contributed by atoms with van der Waals surface area (Å²) in [5.41, 5.74) is 1.58. The molecule has 0 spiro atoms. The van der Waals surface area contributed by atoms with Crippen molar-refractivity contribution in [2.45, 2.75) is 26.0 Å². The summed E-state index contributed by atoms with van der Waals surface area (Å²) < 4.78 is 10.9. The lowest BCUT2D eigenvalue weighted by atomic mass is 10.2. The van der Waals surface area contributed by atoms with Crippen LogP contribution in [0.1, 0.15) is 25.6 Å². The van der Waals surface area contributed by atoms with Gasteiger partial charge < -0.3 is 19.8 Å². The van der Waals surface area contributed by atoms with E-state index in [0.717, 1.165) is 11.4 Å². The zero-order valence-electron chi connectivity index (χ0n) is 11.3. The third-order valence-corrected chi connectivity index (χ3v) is 3.26. The summed E-state index contributed by atoms with van der Waals surface area (Å²) in [5.74, 6) is 1.42. The maximum absolute atomic E-state index is 11.6. The number of amides is 1. The molecule has 0 aliphatic carbocycles. The molecule has 2 atom stereocenters. The normalized spacial score (nSPS) is 18.7. The summed E-state index contributed by atoms with van der Waals surface area (Å²) in [6, 6.07) is 9.45. The monoisotopic (exact) mass is 272 g/mol. The summed E-state index contributed by atoms with van der Waals surface area (Å²) in [6.45, 7) is 3.73. The Balaban J connectivity index is 1.79. The number of fused-ring (bicyclic) bond motifs is 1. The van der Waals surface area contributed by atoms with E-state index in [9.17, 15) is 4.79 Å². The molecule has 3 rings (SSSR count). The Labute approximate surface area is 116 Å². The van der Waals surface area contributed by atoms with Crippen molar-refractivity contribution in [3.63, 3.8) is 0 Å². The molecule has 0 radical (unpaired) electrons. The van der Waals surface area contributed by atoms with Gasteiger partial charge in [-0.05, 0) is 44.2 Å². The van der Waals surface area contributed by atoms with Gasteiger partial charge in [-0.1, -0.05) is 0 Å². The maximum atomic E-state index is 11.6. The first-order valence-electron chi connectivity index (χ1n) is 6.55. The molecule has 0 fully saturated rings. The second kappa shape index (κ2) is 4.92. The molecule has 2 heterocycles. The Kier molecular flexibility index (Phi) is 3.10. The van der Waals surface area contributed by atoms with Crippen molar-refractivity contribution in [3.8, 4) is 5.75 Å². The van der Waals surface area contributed by atoms with E-state index in [1.165, 1.54) is 0 Å². The topological polar surface area (TPSA) is 63.5 Å². The van der Waals surface area contributed by atoms with E-state index < -0.39 is 6.10 Å². The van der Waals surface area contributed by atoms with Gasteiger partial charge in [0.2, 0.25) is 0 Å². The number of anilines is 2. The lowest BCUT2D eigenvalue weighted by Gasteiger charge is -2.24. The van der Waals surface area contributed by atoms with Crippen molar-refractivity contribution in [3.05, 3.63) is 42.4 Å². The molecule has 1 aromatic heterocycles. The first-order chi connectivity index (χ1) is 9.63. The van der Waals surface area contributed by atoms with E-state index in [1.54, 1.807) is 13.2 Å². The molecular formula is C15H16N2O3. The van der Waals surface area contributed by atoms with Gasteiger partial charge in [-0.25, -0.2) is 0 Å². The predicted molar refractivity (Wildman–Crippen MR) is 75.9 cm³/mol. The van der Waals surface area contributed by atoms with E-state index in [4.69, 9.17) is 9.15 Å². The van der Waals surface area contributed by atoms with Gasteiger partial charge in [0.15, 0.2) is 6.10 Å². The average Bonchev–Trinajstić information content (AvgIpc) is 2.94. The molecule has 5 nitrogen and oxygen atoms in total. The molecule has 1 aromatic carbocycles. The summed E-state index contributed by atoms with van der Waals surface area (Å²) >= 11 is 0. The Morgan fingerprint density at radius 1 is 1.35 bits per heavy atom. The summed E-state index contributed by atoms with van der Waals surface area (Å²) in [5, 5.41) is 6.15. The summed E-state index contributed by atoms with van der Waals surface area (Å²) in [7, 11) is 0. The van der Waals surface area contributed by atoms with Crippen molar-refractivity contribution in [2.24, 2.45) is 0 Å². The maximum Gasteiger partial charge on any atom is 0.265 e. The van der Waals surface area contributed by atoms with Crippen LogP contribution >= 0.6 is 0 Å². The minimum atomic E-state index is -0.455. The minimum Gasteiger partial charge on any atom is -0.479 e. The van der Waals surface area contributed by atoms with Crippen LogP contribution in [0.25, 0.3) is 0 Å². The number of furan rings is 1. The quantitative estimate of drug-likeness (QED) is 0.900. The first kappa shape index (κ1) is 12.6. The Morgan fingerprint density at radius 3 is 2.95 bits per heavy atom. The third kappa shape index (κ3) is 2.34. The fourth-order valence-corrected chi connectivity index (χ4v) is 2.16. The minimum absolute atomic E-state index is 0.0437. The second-order valence-corrected chi connectivity index (χ2v) is 4.84. The Bertz CT molecular complexity index is 622. The van der Waals surface area contributed by atoms with Crippen LogP contribution in [0.3, 0.4) is 0 Å². The first-order valence-corrected chi connectivity index (χ1v) is 6.55. The number of rotatable bonds is 3. The van der Waals surface area contributed by atoms with E-state index in [-0.39, 0.29) is 11.9 Å². The molecule has 104 valence electrons. The van der Waals surface area contributed by atoms with Crippen LogP contribution in [-0.4, -0.2) is 12.0 Å². The second-order valence-electron chi connectivity index (χ2n) is 4.84.